The highest BCUT2D eigenvalue weighted by Crippen LogP contribution is 2.32. The number of amides is 1. The van der Waals surface area contributed by atoms with Crippen LogP contribution >= 0.6 is 0 Å². The Balaban J connectivity index is 5.14. The van der Waals surface area contributed by atoms with Crippen molar-refractivity contribution in [3.05, 3.63) is 0 Å². The number of carboxylic acids is 1. The molecule has 0 unspecified atom stereocenters. The molecule has 0 saturated carbocycles. The summed E-state index contributed by atoms with van der Waals surface area (Å²) in [5, 5.41) is 9.23. The summed E-state index contributed by atoms with van der Waals surface area (Å²) in [5.41, 5.74) is -1.30. The Morgan fingerprint density at radius 3 is 1.85 bits per heavy atom. The van der Waals surface area contributed by atoms with Crippen LogP contribution in [-0.4, -0.2) is 40.6 Å². The highest BCUT2D eigenvalue weighted by atomic mass is 19.4. The van der Waals surface area contributed by atoms with E-state index in [1.54, 1.807) is 13.8 Å². The molecule has 0 bridgehead atoms. The molecule has 20 heavy (non-hydrogen) atoms. The second-order valence-electron chi connectivity index (χ2n) is 5.20. The van der Waals surface area contributed by atoms with Crippen LogP contribution in [0.3, 0.4) is 0 Å². The molecular weight excluding hydrogens is 275 g/mol. The molecule has 0 rings (SSSR count). The predicted octanol–water partition coefficient (Wildman–Crippen LogP) is 3.07. The largest absolute Gasteiger partial charge is 0.481 e. The molecule has 1 amide bonds. The average Bonchev–Trinajstić information content (AvgIpc) is 2.31. The number of hydrogen-bond donors (Lipinski definition) is 1. The number of nitrogens with zero attached hydrogens (tertiary/aromatic N) is 1. The van der Waals surface area contributed by atoms with E-state index in [1.165, 1.54) is 13.8 Å². The van der Waals surface area contributed by atoms with Crippen LogP contribution in [0, 0.1) is 5.41 Å². The fraction of sp³-hybridized carbons (Fsp3) is 0.846. The van der Waals surface area contributed by atoms with E-state index < -0.39 is 42.5 Å². The Bertz CT molecular complexity index is 349. The molecule has 1 N–H and O–H groups in total. The van der Waals surface area contributed by atoms with Crippen molar-refractivity contribution in [2.75, 3.05) is 6.54 Å². The first-order chi connectivity index (χ1) is 8.99. The van der Waals surface area contributed by atoms with Gasteiger partial charge in [-0.1, -0.05) is 13.8 Å². The van der Waals surface area contributed by atoms with E-state index in [0.29, 0.717) is 4.90 Å². The van der Waals surface area contributed by atoms with Gasteiger partial charge in [0.15, 0.2) is 0 Å². The van der Waals surface area contributed by atoms with Gasteiger partial charge in [0.1, 0.15) is 6.54 Å². The summed E-state index contributed by atoms with van der Waals surface area (Å²) in [6.45, 7) is 4.84. The van der Waals surface area contributed by atoms with Crippen molar-refractivity contribution in [3.8, 4) is 0 Å². The summed E-state index contributed by atoms with van der Waals surface area (Å²) >= 11 is 0. The lowest BCUT2D eigenvalue weighted by Crippen LogP contribution is -2.46. The van der Waals surface area contributed by atoms with E-state index >= 15 is 0 Å². The van der Waals surface area contributed by atoms with Crippen molar-refractivity contribution in [2.24, 2.45) is 5.41 Å². The first-order valence-electron chi connectivity index (χ1n) is 6.58. The third kappa shape index (κ3) is 5.02. The van der Waals surface area contributed by atoms with Crippen molar-refractivity contribution < 1.29 is 27.9 Å². The molecular formula is C13H22F3NO3. The second kappa shape index (κ2) is 6.95. The quantitative estimate of drug-likeness (QED) is 0.785. The third-order valence-corrected chi connectivity index (χ3v) is 3.59. The van der Waals surface area contributed by atoms with Crippen LogP contribution in [0.5, 0.6) is 0 Å². The molecule has 0 saturated heterocycles. The zero-order chi connectivity index (χ0) is 16.1. The highest BCUT2D eigenvalue weighted by Gasteiger charge is 2.41. The molecule has 0 aliphatic heterocycles. The van der Waals surface area contributed by atoms with E-state index in [2.05, 4.69) is 0 Å². The fourth-order valence-electron chi connectivity index (χ4n) is 2.02. The maximum Gasteiger partial charge on any atom is 0.406 e. The molecule has 0 aromatic carbocycles. The Morgan fingerprint density at radius 1 is 1.15 bits per heavy atom. The monoisotopic (exact) mass is 297 g/mol. The van der Waals surface area contributed by atoms with Crippen LogP contribution < -0.4 is 0 Å². The van der Waals surface area contributed by atoms with Crippen molar-refractivity contribution in [2.45, 2.75) is 59.2 Å². The maximum atomic E-state index is 12.5. The molecule has 118 valence electrons. The smallest absolute Gasteiger partial charge is 0.406 e. The summed E-state index contributed by atoms with van der Waals surface area (Å²) in [4.78, 5) is 24.1. The van der Waals surface area contributed by atoms with Gasteiger partial charge in [-0.15, -0.1) is 0 Å². The SMILES string of the molecule is CCC(CC)(CC(=O)N(CC(F)(F)F)C(C)C)C(=O)O. The molecule has 0 aliphatic rings. The minimum absolute atomic E-state index is 0.197. The average molecular weight is 297 g/mol. The second-order valence-corrected chi connectivity index (χ2v) is 5.20. The topological polar surface area (TPSA) is 57.6 Å². The van der Waals surface area contributed by atoms with Gasteiger partial charge in [0.2, 0.25) is 5.91 Å². The lowest BCUT2D eigenvalue weighted by atomic mass is 9.79. The lowest BCUT2D eigenvalue weighted by molar-refractivity contribution is -0.168. The molecule has 0 fully saturated rings. The lowest BCUT2D eigenvalue weighted by Gasteiger charge is -2.32. The minimum Gasteiger partial charge on any atom is -0.481 e. The van der Waals surface area contributed by atoms with Gasteiger partial charge in [-0.05, 0) is 26.7 Å². The number of carbonyl (C=O) groups excluding carboxylic acids is 1. The Labute approximate surface area is 116 Å². The third-order valence-electron chi connectivity index (χ3n) is 3.59. The number of carboxylic acid groups (broad SMARTS) is 1. The van der Waals surface area contributed by atoms with Gasteiger partial charge in [-0.2, -0.15) is 13.2 Å². The zero-order valence-electron chi connectivity index (χ0n) is 12.3. The van der Waals surface area contributed by atoms with Gasteiger partial charge in [-0.3, -0.25) is 9.59 Å². The number of rotatable bonds is 7. The van der Waals surface area contributed by atoms with E-state index in [0.717, 1.165) is 0 Å². The molecule has 0 aliphatic carbocycles. The highest BCUT2D eigenvalue weighted by molar-refractivity contribution is 5.85. The van der Waals surface area contributed by atoms with Gasteiger partial charge in [0.05, 0.1) is 5.41 Å². The Morgan fingerprint density at radius 2 is 1.60 bits per heavy atom. The Kier molecular flexibility index (Phi) is 6.50. The summed E-state index contributed by atoms with van der Waals surface area (Å²) in [7, 11) is 0. The number of hydrogen-bond acceptors (Lipinski definition) is 2. The van der Waals surface area contributed by atoms with Crippen LogP contribution in [0.1, 0.15) is 47.0 Å². The minimum atomic E-state index is -4.50. The van der Waals surface area contributed by atoms with E-state index in [-0.39, 0.29) is 12.8 Å². The number of aliphatic carboxylic acids is 1. The summed E-state index contributed by atoms with van der Waals surface area (Å²) in [6.07, 6.45) is -4.51. The number of halogens is 3. The zero-order valence-corrected chi connectivity index (χ0v) is 12.3. The van der Waals surface area contributed by atoms with Gasteiger partial charge in [-0.25, -0.2) is 0 Å². The molecule has 0 atom stereocenters. The van der Waals surface area contributed by atoms with Crippen LogP contribution in [0.25, 0.3) is 0 Å². The number of carbonyl (C=O) groups is 2. The van der Waals surface area contributed by atoms with Crippen LogP contribution in [-0.2, 0) is 9.59 Å². The van der Waals surface area contributed by atoms with Crippen LogP contribution in [0.15, 0.2) is 0 Å². The summed E-state index contributed by atoms with van der Waals surface area (Å²) < 4.78 is 37.4. The molecule has 0 radical (unpaired) electrons. The van der Waals surface area contributed by atoms with Crippen LogP contribution in [0.4, 0.5) is 13.2 Å². The first-order valence-corrected chi connectivity index (χ1v) is 6.58. The molecule has 0 aromatic heterocycles. The number of alkyl halides is 3. The summed E-state index contributed by atoms with van der Waals surface area (Å²) in [5.74, 6) is -1.92. The molecule has 0 heterocycles. The standard InChI is InChI=1S/C13H22F3NO3/c1-5-12(6-2,11(19)20)7-10(18)17(9(3)4)8-13(14,15)16/h9H,5-8H2,1-4H3,(H,19,20). The van der Waals surface area contributed by atoms with Gasteiger partial charge < -0.3 is 10.0 Å². The van der Waals surface area contributed by atoms with Crippen molar-refractivity contribution in [1.82, 2.24) is 4.90 Å². The Hall–Kier alpha value is -1.27. The van der Waals surface area contributed by atoms with Crippen molar-refractivity contribution in [1.29, 1.82) is 0 Å². The van der Waals surface area contributed by atoms with Gasteiger partial charge in [0.25, 0.3) is 0 Å². The van der Waals surface area contributed by atoms with Crippen molar-refractivity contribution in [3.63, 3.8) is 0 Å². The van der Waals surface area contributed by atoms with E-state index in [9.17, 15) is 27.9 Å². The van der Waals surface area contributed by atoms with Crippen LogP contribution in [0.2, 0.25) is 0 Å². The normalized spacial score (nSPS) is 12.6. The first kappa shape index (κ1) is 18.7. The molecule has 4 nitrogen and oxygen atoms in total. The molecule has 0 aromatic rings. The van der Waals surface area contributed by atoms with E-state index in [1.807, 2.05) is 0 Å². The fourth-order valence-corrected chi connectivity index (χ4v) is 2.02. The van der Waals surface area contributed by atoms with Gasteiger partial charge >= 0.3 is 12.1 Å². The maximum absolute atomic E-state index is 12.5. The molecule has 0 spiro atoms. The van der Waals surface area contributed by atoms with Crippen molar-refractivity contribution >= 4 is 11.9 Å². The van der Waals surface area contributed by atoms with Gasteiger partial charge in [0, 0.05) is 12.5 Å². The van der Waals surface area contributed by atoms with E-state index in [4.69, 9.17) is 0 Å². The molecule has 7 heteroatoms. The predicted molar refractivity (Wildman–Crippen MR) is 68.2 cm³/mol. The summed E-state index contributed by atoms with van der Waals surface area (Å²) in [6, 6.07) is -0.635.